The average molecular weight is 204 g/mol. The molecule has 1 heterocycles. The predicted molar refractivity (Wildman–Crippen MR) is 61.9 cm³/mol. The molecule has 0 bridgehead atoms. The molecule has 0 unspecified atom stereocenters. The molecule has 0 radical (unpaired) electrons. The molecule has 4 nitrogen and oxygen atoms in total. The van der Waals surface area contributed by atoms with Crippen LogP contribution in [0.4, 0.5) is 11.6 Å². The second kappa shape index (κ2) is 5.86. The number of nitriles is 1. The zero-order valence-electron chi connectivity index (χ0n) is 9.20. The van der Waals surface area contributed by atoms with Crippen molar-refractivity contribution in [2.75, 3.05) is 30.4 Å². The summed E-state index contributed by atoms with van der Waals surface area (Å²) in [7, 11) is 1.84. The van der Waals surface area contributed by atoms with E-state index in [4.69, 9.17) is 5.26 Å². The third-order valence-corrected chi connectivity index (χ3v) is 2.19. The number of anilines is 2. The second-order valence-corrected chi connectivity index (χ2v) is 3.12. The Balaban J connectivity index is 2.77. The highest BCUT2D eigenvalue weighted by Gasteiger charge is 2.05. The molecule has 4 heteroatoms. The van der Waals surface area contributed by atoms with Crippen LogP contribution in [0.1, 0.15) is 13.3 Å². The minimum atomic E-state index is 0.527. The van der Waals surface area contributed by atoms with Crippen molar-refractivity contribution in [3.05, 3.63) is 18.2 Å². The summed E-state index contributed by atoms with van der Waals surface area (Å²) in [5.74, 6) is 1.77. The topological polar surface area (TPSA) is 52.0 Å². The first-order chi connectivity index (χ1) is 7.31. The number of nitrogens with one attached hydrogen (secondary N) is 1. The van der Waals surface area contributed by atoms with Crippen LogP contribution >= 0.6 is 0 Å². The van der Waals surface area contributed by atoms with Gasteiger partial charge in [0.2, 0.25) is 0 Å². The molecule has 1 rings (SSSR count). The number of hydrogen-bond acceptors (Lipinski definition) is 4. The summed E-state index contributed by atoms with van der Waals surface area (Å²) in [6.07, 6.45) is 0.527. The van der Waals surface area contributed by atoms with Crippen molar-refractivity contribution in [2.45, 2.75) is 13.3 Å². The van der Waals surface area contributed by atoms with E-state index in [0.29, 0.717) is 6.42 Å². The van der Waals surface area contributed by atoms with Crippen LogP contribution in [0.25, 0.3) is 0 Å². The van der Waals surface area contributed by atoms with Gasteiger partial charge < -0.3 is 10.2 Å². The van der Waals surface area contributed by atoms with E-state index in [2.05, 4.69) is 28.2 Å². The highest BCUT2D eigenvalue weighted by Crippen LogP contribution is 2.13. The van der Waals surface area contributed by atoms with Gasteiger partial charge in [-0.3, -0.25) is 0 Å². The predicted octanol–water partition coefficient (Wildman–Crippen LogP) is 1.86. The second-order valence-electron chi connectivity index (χ2n) is 3.12. The average Bonchev–Trinajstić information content (AvgIpc) is 2.30. The molecular formula is C11H16N4. The molecule has 0 aliphatic heterocycles. The summed E-state index contributed by atoms with van der Waals surface area (Å²) >= 11 is 0. The zero-order valence-corrected chi connectivity index (χ0v) is 9.20. The molecule has 15 heavy (non-hydrogen) atoms. The third-order valence-electron chi connectivity index (χ3n) is 2.19. The van der Waals surface area contributed by atoms with Crippen LogP contribution in [0.3, 0.4) is 0 Å². The number of aromatic nitrogens is 1. The Hall–Kier alpha value is -1.76. The number of pyridine rings is 1. The number of nitrogens with zero attached hydrogens (tertiary/aromatic N) is 3. The Morgan fingerprint density at radius 2 is 2.33 bits per heavy atom. The van der Waals surface area contributed by atoms with E-state index in [1.54, 1.807) is 0 Å². The van der Waals surface area contributed by atoms with E-state index in [1.807, 2.05) is 25.2 Å². The van der Waals surface area contributed by atoms with Gasteiger partial charge >= 0.3 is 0 Å². The molecule has 1 N–H and O–H groups in total. The van der Waals surface area contributed by atoms with Gasteiger partial charge in [-0.2, -0.15) is 5.26 Å². The number of rotatable bonds is 5. The Morgan fingerprint density at radius 3 is 2.93 bits per heavy atom. The van der Waals surface area contributed by atoms with E-state index in [0.717, 1.165) is 24.7 Å². The molecule has 0 saturated carbocycles. The van der Waals surface area contributed by atoms with Gasteiger partial charge in [0.05, 0.1) is 12.5 Å². The van der Waals surface area contributed by atoms with Crippen LogP contribution < -0.4 is 10.2 Å². The third kappa shape index (κ3) is 3.13. The lowest BCUT2D eigenvalue weighted by molar-refractivity contribution is 0.811. The van der Waals surface area contributed by atoms with E-state index < -0.39 is 0 Å². The minimum absolute atomic E-state index is 0.527. The van der Waals surface area contributed by atoms with Crippen LogP contribution in [0.5, 0.6) is 0 Å². The fourth-order valence-corrected chi connectivity index (χ4v) is 1.36. The van der Waals surface area contributed by atoms with Crippen molar-refractivity contribution in [3.63, 3.8) is 0 Å². The Labute approximate surface area is 90.5 Å². The molecule has 0 amide bonds. The molecule has 0 aliphatic rings. The van der Waals surface area contributed by atoms with Crippen molar-refractivity contribution in [3.8, 4) is 6.07 Å². The molecule has 0 spiro atoms. The highest BCUT2D eigenvalue weighted by molar-refractivity contribution is 5.46. The Bertz CT molecular complexity index is 343. The van der Waals surface area contributed by atoms with Gasteiger partial charge in [-0.25, -0.2) is 4.98 Å². The fourth-order valence-electron chi connectivity index (χ4n) is 1.36. The van der Waals surface area contributed by atoms with Gasteiger partial charge in [-0.05, 0) is 19.1 Å². The molecule has 0 fully saturated rings. The summed E-state index contributed by atoms with van der Waals surface area (Å²) in [6, 6.07) is 7.99. The summed E-state index contributed by atoms with van der Waals surface area (Å²) in [5.41, 5.74) is 0. The molecule has 0 saturated heterocycles. The van der Waals surface area contributed by atoms with Gasteiger partial charge in [-0.1, -0.05) is 6.07 Å². The van der Waals surface area contributed by atoms with Crippen LogP contribution in [-0.4, -0.2) is 25.1 Å². The van der Waals surface area contributed by atoms with Crippen molar-refractivity contribution >= 4 is 11.6 Å². The van der Waals surface area contributed by atoms with E-state index in [1.165, 1.54) is 0 Å². The smallest absolute Gasteiger partial charge is 0.130 e. The number of hydrogen-bond donors (Lipinski definition) is 1. The normalized spacial score (nSPS) is 9.40. The van der Waals surface area contributed by atoms with Crippen molar-refractivity contribution in [1.29, 1.82) is 5.26 Å². The summed E-state index contributed by atoms with van der Waals surface area (Å²) in [4.78, 5) is 6.51. The van der Waals surface area contributed by atoms with Crippen molar-refractivity contribution in [2.24, 2.45) is 0 Å². The monoisotopic (exact) mass is 204 g/mol. The van der Waals surface area contributed by atoms with E-state index in [-0.39, 0.29) is 0 Å². The molecule has 1 aromatic heterocycles. The lowest BCUT2D eigenvalue weighted by atomic mass is 10.3. The first-order valence-corrected chi connectivity index (χ1v) is 5.08. The minimum Gasteiger partial charge on any atom is -0.373 e. The Morgan fingerprint density at radius 1 is 1.53 bits per heavy atom. The van der Waals surface area contributed by atoms with E-state index in [9.17, 15) is 0 Å². The van der Waals surface area contributed by atoms with Gasteiger partial charge in [0, 0.05) is 20.1 Å². The van der Waals surface area contributed by atoms with E-state index >= 15 is 0 Å². The molecule has 80 valence electrons. The first kappa shape index (κ1) is 11.3. The molecule has 1 aromatic rings. The quantitative estimate of drug-likeness (QED) is 0.795. The SMILES string of the molecule is CCN(CCC#N)c1cccc(NC)n1. The molecule has 0 atom stereocenters. The van der Waals surface area contributed by atoms with Crippen molar-refractivity contribution < 1.29 is 0 Å². The zero-order chi connectivity index (χ0) is 11.1. The largest absolute Gasteiger partial charge is 0.373 e. The maximum absolute atomic E-state index is 8.55. The summed E-state index contributed by atoms with van der Waals surface area (Å²) in [6.45, 7) is 3.65. The Kier molecular flexibility index (Phi) is 4.42. The van der Waals surface area contributed by atoms with Crippen molar-refractivity contribution in [1.82, 2.24) is 4.98 Å². The standard InChI is InChI=1S/C11H16N4/c1-3-15(9-5-8-12)11-7-4-6-10(13-2)14-11/h4,6-7H,3,5,9H2,1-2H3,(H,13,14). The van der Waals surface area contributed by atoms with Crippen LogP contribution in [-0.2, 0) is 0 Å². The summed E-state index contributed by atoms with van der Waals surface area (Å²) < 4.78 is 0. The highest BCUT2D eigenvalue weighted by atomic mass is 15.2. The lowest BCUT2D eigenvalue weighted by Crippen LogP contribution is -2.24. The first-order valence-electron chi connectivity index (χ1n) is 5.08. The maximum Gasteiger partial charge on any atom is 0.130 e. The van der Waals surface area contributed by atoms with Gasteiger partial charge in [0.25, 0.3) is 0 Å². The molecular weight excluding hydrogens is 188 g/mol. The summed E-state index contributed by atoms with van der Waals surface area (Å²) in [5, 5.41) is 11.5. The van der Waals surface area contributed by atoms with Gasteiger partial charge in [-0.15, -0.1) is 0 Å². The van der Waals surface area contributed by atoms with Crippen LogP contribution in [0.2, 0.25) is 0 Å². The lowest BCUT2D eigenvalue weighted by Gasteiger charge is -2.20. The van der Waals surface area contributed by atoms with Gasteiger partial charge in [0.1, 0.15) is 11.6 Å². The fraction of sp³-hybridized carbons (Fsp3) is 0.455. The molecule has 0 aromatic carbocycles. The molecule has 0 aliphatic carbocycles. The van der Waals surface area contributed by atoms with Gasteiger partial charge in [0.15, 0.2) is 0 Å². The van der Waals surface area contributed by atoms with Crippen LogP contribution in [0.15, 0.2) is 18.2 Å². The van der Waals surface area contributed by atoms with Crippen LogP contribution in [0, 0.1) is 11.3 Å². The maximum atomic E-state index is 8.55.